The zero-order chi connectivity index (χ0) is 15.1. The van der Waals surface area contributed by atoms with Crippen molar-refractivity contribution in [1.29, 1.82) is 0 Å². The number of rotatable bonds is 6. The van der Waals surface area contributed by atoms with Crippen LogP contribution in [0.5, 0.6) is 0 Å². The quantitative estimate of drug-likeness (QED) is 0.849. The van der Waals surface area contributed by atoms with Crippen molar-refractivity contribution < 1.29 is 0 Å². The van der Waals surface area contributed by atoms with Gasteiger partial charge in [0.05, 0.1) is 0 Å². The molecule has 0 radical (unpaired) electrons. The van der Waals surface area contributed by atoms with Gasteiger partial charge in [-0.3, -0.25) is 4.90 Å². The summed E-state index contributed by atoms with van der Waals surface area (Å²) in [5.74, 6) is 1.62. The first-order valence-electron chi connectivity index (χ1n) is 8.64. The van der Waals surface area contributed by atoms with Crippen molar-refractivity contribution in [2.24, 2.45) is 11.8 Å². The molecule has 1 aliphatic rings. The summed E-state index contributed by atoms with van der Waals surface area (Å²) < 4.78 is 0. The minimum Gasteiger partial charge on any atom is -0.312 e. The summed E-state index contributed by atoms with van der Waals surface area (Å²) in [5, 5.41) is 3.50. The van der Waals surface area contributed by atoms with E-state index in [1.54, 1.807) is 0 Å². The first-order valence-corrected chi connectivity index (χ1v) is 8.64. The van der Waals surface area contributed by atoms with E-state index in [0.717, 1.165) is 31.5 Å². The molecular formula is C19H32N2. The van der Waals surface area contributed by atoms with Crippen molar-refractivity contribution in [2.75, 3.05) is 19.6 Å². The second kappa shape index (κ2) is 8.55. The molecule has 1 heterocycles. The molecule has 0 aliphatic carbocycles. The molecule has 1 fully saturated rings. The molecule has 0 bridgehead atoms. The first-order chi connectivity index (χ1) is 10.1. The highest BCUT2D eigenvalue weighted by molar-refractivity contribution is 5.22. The second-order valence-corrected chi connectivity index (χ2v) is 7.15. The third kappa shape index (κ3) is 6.19. The highest BCUT2D eigenvalue weighted by Crippen LogP contribution is 2.18. The lowest BCUT2D eigenvalue weighted by atomic mass is 10.0. The number of hydrogen-bond acceptors (Lipinski definition) is 2. The third-order valence-corrected chi connectivity index (χ3v) is 4.42. The lowest BCUT2D eigenvalue weighted by Crippen LogP contribution is -2.24. The van der Waals surface area contributed by atoms with E-state index < -0.39 is 0 Å². The Bertz CT molecular complexity index is 397. The Kier molecular flexibility index (Phi) is 6.72. The van der Waals surface area contributed by atoms with Gasteiger partial charge in [0.25, 0.3) is 0 Å². The molecule has 1 N–H and O–H groups in total. The van der Waals surface area contributed by atoms with Crippen molar-refractivity contribution >= 4 is 0 Å². The van der Waals surface area contributed by atoms with Gasteiger partial charge in [0, 0.05) is 13.1 Å². The van der Waals surface area contributed by atoms with Crippen molar-refractivity contribution in [3.05, 3.63) is 35.4 Å². The molecule has 0 aromatic heterocycles. The van der Waals surface area contributed by atoms with E-state index in [4.69, 9.17) is 0 Å². The van der Waals surface area contributed by atoms with Gasteiger partial charge in [0.1, 0.15) is 0 Å². The van der Waals surface area contributed by atoms with Crippen molar-refractivity contribution in [1.82, 2.24) is 10.2 Å². The van der Waals surface area contributed by atoms with Gasteiger partial charge < -0.3 is 5.32 Å². The molecule has 1 aromatic rings. The van der Waals surface area contributed by atoms with Crippen LogP contribution >= 0.6 is 0 Å². The Hall–Kier alpha value is -0.860. The average molecular weight is 288 g/mol. The first kappa shape index (κ1) is 16.5. The third-order valence-electron chi connectivity index (χ3n) is 4.42. The zero-order valence-corrected chi connectivity index (χ0v) is 14.1. The molecule has 1 atom stereocenters. The highest BCUT2D eigenvalue weighted by Gasteiger charge is 2.13. The number of likely N-dealkylation sites (tertiary alicyclic amines) is 1. The topological polar surface area (TPSA) is 15.3 Å². The largest absolute Gasteiger partial charge is 0.312 e. The molecule has 21 heavy (non-hydrogen) atoms. The molecule has 1 aromatic carbocycles. The molecule has 1 unspecified atom stereocenters. The van der Waals surface area contributed by atoms with Gasteiger partial charge in [0.15, 0.2) is 0 Å². The monoisotopic (exact) mass is 288 g/mol. The molecule has 0 saturated carbocycles. The minimum absolute atomic E-state index is 0.717. The number of nitrogens with one attached hydrogen (secondary N) is 1. The van der Waals surface area contributed by atoms with E-state index in [2.05, 4.69) is 55.3 Å². The lowest BCUT2D eigenvalue weighted by Gasteiger charge is -2.20. The SMILES string of the molecule is CC(C)CNCc1ccc(CN2CCCC(C)CC2)cc1. The van der Waals surface area contributed by atoms with E-state index in [9.17, 15) is 0 Å². The molecule has 1 aliphatic heterocycles. The summed E-state index contributed by atoms with van der Waals surface area (Å²) >= 11 is 0. The number of nitrogens with zero attached hydrogens (tertiary/aromatic N) is 1. The summed E-state index contributed by atoms with van der Waals surface area (Å²) in [6, 6.07) is 9.17. The van der Waals surface area contributed by atoms with Crippen LogP contribution in [0.4, 0.5) is 0 Å². The molecule has 2 rings (SSSR count). The van der Waals surface area contributed by atoms with Crippen LogP contribution in [0.3, 0.4) is 0 Å². The average Bonchev–Trinajstić information content (AvgIpc) is 2.65. The summed E-state index contributed by atoms with van der Waals surface area (Å²) in [5.41, 5.74) is 2.85. The molecule has 118 valence electrons. The zero-order valence-electron chi connectivity index (χ0n) is 14.1. The fourth-order valence-corrected chi connectivity index (χ4v) is 3.01. The molecular weight excluding hydrogens is 256 g/mol. The summed E-state index contributed by atoms with van der Waals surface area (Å²) in [4.78, 5) is 2.62. The summed E-state index contributed by atoms with van der Waals surface area (Å²) in [6.45, 7) is 12.6. The molecule has 2 heteroatoms. The van der Waals surface area contributed by atoms with Crippen LogP contribution in [0.1, 0.15) is 51.2 Å². The number of benzene rings is 1. The summed E-state index contributed by atoms with van der Waals surface area (Å²) in [6.07, 6.45) is 4.12. The van der Waals surface area contributed by atoms with Crippen LogP contribution in [-0.4, -0.2) is 24.5 Å². The maximum absolute atomic E-state index is 3.50. The predicted molar refractivity (Wildman–Crippen MR) is 91.3 cm³/mol. The Morgan fingerprint density at radius 3 is 2.52 bits per heavy atom. The van der Waals surface area contributed by atoms with Crippen molar-refractivity contribution in [3.8, 4) is 0 Å². The van der Waals surface area contributed by atoms with Crippen LogP contribution in [-0.2, 0) is 13.1 Å². The van der Waals surface area contributed by atoms with Gasteiger partial charge in [-0.2, -0.15) is 0 Å². The molecule has 1 saturated heterocycles. The van der Waals surface area contributed by atoms with Gasteiger partial charge in [-0.1, -0.05) is 45.0 Å². The van der Waals surface area contributed by atoms with Gasteiger partial charge in [-0.05, 0) is 61.9 Å². The van der Waals surface area contributed by atoms with Crippen LogP contribution in [0.25, 0.3) is 0 Å². The van der Waals surface area contributed by atoms with E-state index in [1.807, 2.05) is 0 Å². The predicted octanol–water partition coefficient (Wildman–Crippen LogP) is 4.05. The van der Waals surface area contributed by atoms with Crippen LogP contribution in [0.2, 0.25) is 0 Å². The fraction of sp³-hybridized carbons (Fsp3) is 0.684. The van der Waals surface area contributed by atoms with E-state index >= 15 is 0 Å². The minimum atomic E-state index is 0.717. The standard InChI is InChI=1S/C19H32N2/c1-16(2)13-20-14-18-6-8-19(9-7-18)15-21-11-4-5-17(3)10-12-21/h6-9,16-17,20H,4-5,10-15H2,1-3H3. The van der Waals surface area contributed by atoms with Gasteiger partial charge in [-0.25, -0.2) is 0 Å². The van der Waals surface area contributed by atoms with Crippen LogP contribution in [0.15, 0.2) is 24.3 Å². The van der Waals surface area contributed by atoms with E-state index in [1.165, 1.54) is 43.5 Å². The molecule has 2 nitrogen and oxygen atoms in total. The molecule has 0 spiro atoms. The van der Waals surface area contributed by atoms with E-state index in [0.29, 0.717) is 0 Å². The van der Waals surface area contributed by atoms with Crippen LogP contribution < -0.4 is 5.32 Å². The van der Waals surface area contributed by atoms with Gasteiger partial charge >= 0.3 is 0 Å². The van der Waals surface area contributed by atoms with Crippen LogP contribution in [0, 0.1) is 11.8 Å². The Labute approximate surface area is 130 Å². The smallest absolute Gasteiger partial charge is 0.0233 e. The van der Waals surface area contributed by atoms with Gasteiger partial charge in [0.2, 0.25) is 0 Å². The van der Waals surface area contributed by atoms with Crippen molar-refractivity contribution in [2.45, 2.75) is 53.1 Å². The van der Waals surface area contributed by atoms with Gasteiger partial charge in [-0.15, -0.1) is 0 Å². The maximum Gasteiger partial charge on any atom is 0.0233 e. The molecule has 0 amide bonds. The maximum atomic E-state index is 3.50. The highest BCUT2D eigenvalue weighted by atomic mass is 15.1. The lowest BCUT2D eigenvalue weighted by molar-refractivity contribution is 0.273. The fourth-order valence-electron chi connectivity index (χ4n) is 3.01. The number of hydrogen-bond donors (Lipinski definition) is 1. The normalized spacial score (nSPS) is 20.7. The van der Waals surface area contributed by atoms with E-state index in [-0.39, 0.29) is 0 Å². The van der Waals surface area contributed by atoms with Crippen molar-refractivity contribution in [3.63, 3.8) is 0 Å². The Morgan fingerprint density at radius 2 is 1.81 bits per heavy atom. The Balaban J connectivity index is 1.79. The second-order valence-electron chi connectivity index (χ2n) is 7.15. The summed E-state index contributed by atoms with van der Waals surface area (Å²) in [7, 11) is 0. The Morgan fingerprint density at radius 1 is 1.10 bits per heavy atom.